The highest BCUT2D eigenvalue weighted by Gasteiger charge is 2.39. The third kappa shape index (κ3) is 6.13. The van der Waals surface area contributed by atoms with E-state index in [1.54, 1.807) is 17.0 Å². The van der Waals surface area contributed by atoms with E-state index in [1.165, 1.54) is 19.1 Å². The molecule has 0 saturated carbocycles. The number of likely N-dealkylation sites (N-methyl/N-ethyl adjacent to an activating group) is 1. The van der Waals surface area contributed by atoms with Crippen LogP contribution in [0.1, 0.15) is 29.5 Å². The van der Waals surface area contributed by atoms with Crippen LogP contribution < -0.4 is 11.1 Å². The summed E-state index contributed by atoms with van der Waals surface area (Å²) in [6.45, 7) is 3.31. The van der Waals surface area contributed by atoms with Gasteiger partial charge >= 0.3 is 0 Å². The second-order valence-corrected chi connectivity index (χ2v) is 8.36. The molecule has 170 valence electrons. The molecule has 1 heterocycles. The Morgan fingerprint density at radius 1 is 1.06 bits per heavy atom. The number of rotatable bonds is 8. The van der Waals surface area contributed by atoms with Gasteiger partial charge in [0.05, 0.1) is 12.5 Å². The van der Waals surface area contributed by atoms with Gasteiger partial charge < -0.3 is 16.0 Å². The van der Waals surface area contributed by atoms with Crippen LogP contribution in [0.5, 0.6) is 0 Å². The molecule has 2 aromatic carbocycles. The maximum atomic E-state index is 13.1. The maximum Gasteiger partial charge on any atom is 0.236 e. The number of amides is 3. The summed E-state index contributed by atoms with van der Waals surface area (Å²) in [7, 11) is 1.83. The highest BCUT2D eigenvalue weighted by molar-refractivity contribution is 5.83. The molecule has 0 spiro atoms. The lowest BCUT2D eigenvalue weighted by molar-refractivity contribution is -0.131. The first-order chi connectivity index (χ1) is 15.2. The third-order valence-corrected chi connectivity index (χ3v) is 5.76. The van der Waals surface area contributed by atoms with Crippen molar-refractivity contribution in [1.82, 2.24) is 15.1 Å². The van der Waals surface area contributed by atoms with Crippen LogP contribution in [0.4, 0.5) is 4.39 Å². The van der Waals surface area contributed by atoms with E-state index in [1.807, 2.05) is 36.2 Å². The van der Waals surface area contributed by atoms with Crippen molar-refractivity contribution >= 4 is 17.7 Å². The van der Waals surface area contributed by atoms with Gasteiger partial charge in [-0.2, -0.15) is 0 Å². The number of nitrogens with one attached hydrogen (secondary N) is 1. The standard InChI is InChI=1S/C24H29FN4O3/c1-16(30)27-11-17-3-7-19(8-4-17)21-13-29(14-22(21)24(26)32)23(31)15-28(2)12-18-5-9-20(25)10-6-18/h3-10,21-22H,11-15H2,1-2H3,(H2,26,32)(H,27,30)/t21-,22+/m1/s1. The quantitative estimate of drug-likeness (QED) is 0.652. The van der Waals surface area contributed by atoms with Crippen LogP contribution in [-0.2, 0) is 27.5 Å². The molecular formula is C24H29FN4O3. The lowest BCUT2D eigenvalue weighted by atomic mass is 9.88. The fourth-order valence-corrected chi connectivity index (χ4v) is 4.03. The van der Waals surface area contributed by atoms with E-state index in [4.69, 9.17) is 5.73 Å². The zero-order valence-corrected chi connectivity index (χ0v) is 18.4. The average Bonchev–Trinajstić information content (AvgIpc) is 3.20. The van der Waals surface area contributed by atoms with Crippen LogP contribution in [0.25, 0.3) is 0 Å². The maximum absolute atomic E-state index is 13.1. The van der Waals surface area contributed by atoms with Crippen molar-refractivity contribution in [2.45, 2.75) is 25.9 Å². The molecule has 0 aliphatic carbocycles. The molecule has 3 rings (SSSR count). The van der Waals surface area contributed by atoms with Gasteiger partial charge in [0, 0.05) is 39.0 Å². The number of hydrogen-bond donors (Lipinski definition) is 2. The third-order valence-electron chi connectivity index (χ3n) is 5.76. The van der Waals surface area contributed by atoms with Crippen molar-refractivity contribution in [3.63, 3.8) is 0 Å². The zero-order valence-electron chi connectivity index (χ0n) is 18.4. The summed E-state index contributed by atoms with van der Waals surface area (Å²) in [6, 6.07) is 13.8. The average molecular weight is 441 g/mol. The Balaban J connectivity index is 1.62. The molecule has 8 heteroatoms. The first kappa shape index (κ1) is 23.4. The summed E-state index contributed by atoms with van der Waals surface area (Å²) in [4.78, 5) is 39.6. The monoisotopic (exact) mass is 440 g/mol. The predicted octanol–water partition coefficient (Wildman–Crippen LogP) is 1.62. The number of nitrogens with zero attached hydrogens (tertiary/aromatic N) is 2. The molecule has 1 aliphatic heterocycles. The van der Waals surface area contributed by atoms with Crippen molar-refractivity contribution in [3.05, 3.63) is 71.0 Å². The minimum absolute atomic E-state index is 0.0781. The second kappa shape index (κ2) is 10.4. The topological polar surface area (TPSA) is 95.7 Å². The van der Waals surface area contributed by atoms with E-state index >= 15 is 0 Å². The zero-order chi connectivity index (χ0) is 23.3. The smallest absolute Gasteiger partial charge is 0.236 e. The minimum atomic E-state index is -0.456. The molecular weight excluding hydrogens is 411 g/mol. The molecule has 0 radical (unpaired) electrons. The van der Waals surface area contributed by atoms with Crippen LogP contribution in [0.3, 0.4) is 0 Å². The lowest BCUT2D eigenvalue weighted by Crippen LogP contribution is -2.38. The largest absolute Gasteiger partial charge is 0.369 e. The highest BCUT2D eigenvalue weighted by atomic mass is 19.1. The second-order valence-electron chi connectivity index (χ2n) is 8.36. The van der Waals surface area contributed by atoms with E-state index in [2.05, 4.69) is 5.32 Å². The number of nitrogens with two attached hydrogens (primary N) is 1. The number of likely N-dealkylation sites (tertiary alicyclic amines) is 1. The molecule has 3 amide bonds. The van der Waals surface area contributed by atoms with Gasteiger partial charge in [-0.05, 0) is 35.9 Å². The van der Waals surface area contributed by atoms with Gasteiger partial charge in [-0.1, -0.05) is 36.4 Å². The molecule has 2 aromatic rings. The lowest BCUT2D eigenvalue weighted by Gasteiger charge is -2.22. The van der Waals surface area contributed by atoms with Crippen molar-refractivity contribution < 1.29 is 18.8 Å². The van der Waals surface area contributed by atoms with E-state index < -0.39 is 11.8 Å². The summed E-state index contributed by atoms with van der Waals surface area (Å²) in [5, 5.41) is 2.75. The van der Waals surface area contributed by atoms with Gasteiger partial charge in [0.15, 0.2) is 0 Å². The van der Waals surface area contributed by atoms with E-state index in [-0.39, 0.29) is 36.6 Å². The molecule has 3 N–H and O–H groups in total. The minimum Gasteiger partial charge on any atom is -0.369 e. The summed E-state index contributed by atoms with van der Waals surface area (Å²) < 4.78 is 13.1. The van der Waals surface area contributed by atoms with E-state index in [9.17, 15) is 18.8 Å². The van der Waals surface area contributed by atoms with Gasteiger partial charge in [-0.3, -0.25) is 19.3 Å². The Bertz CT molecular complexity index is 962. The van der Waals surface area contributed by atoms with Crippen molar-refractivity contribution in [2.24, 2.45) is 11.7 Å². The molecule has 1 fully saturated rings. The van der Waals surface area contributed by atoms with Gasteiger partial charge in [0.2, 0.25) is 17.7 Å². The van der Waals surface area contributed by atoms with Crippen LogP contribution in [-0.4, -0.2) is 54.2 Å². The van der Waals surface area contributed by atoms with E-state index in [0.717, 1.165) is 16.7 Å². The van der Waals surface area contributed by atoms with Crippen molar-refractivity contribution in [2.75, 3.05) is 26.7 Å². The van der Waals surface area contributed by atoms with Crippen molar-refractivity contribution in [1.29, 1.82) is 0 Å². The molecule has 0 bridgehead atoms. The molecule has 2 atom stereocenters. The fourth-order valence-electron chi connectivity index (χ4n) is 4.03. The molecule has 0 unspecified atom stereocenters. The predicted molar refractivity (Wildman–Crippen MR) is 119 cm³/mol. The Morgan fingerprint density at radius 2 is 1.69 bits per heavy atom. The van der Waals surface area contributed by atoms with Crippen molar-refractivity contribution in [3.8, 4) is 0 Å². The molecule has 1 saturated heterocycles. The van der Waals surface area contributed by atoms with Crippen LogP contribution >= 0.6 is 0 Å². The highest BCUT2D eigenvalue weighted by Crippen LogP contribution is 2.33. The van der Waals surface area contributed by atoms with Crippen LogP contribution in [0, 0.1) is 11.7 Å². The van der Waals surface area contributed by atoms with Gasteiger partial charge in [0.25, 0.3) is 0 Å². The fraction of sp³-hybridized carbons (Fsp3) is 0.375. The summed E-state index contributed by atoms with van der Waals surface area (Å²) in [5.41, 5.74) is 8.45. The molecule has 1 aliphatic rings. The molecule has 32 heavy (non-hydrogen) atoms. The Hall–Kier alpha value is -3.26. The number of benzene rings is 2. The Labute approximate surface area is 187 Å². The first-order valence-electron chi connectivity index (χ1n) is 10.6. The summed E-state index contributed by atoms with van der Waals surface area (Å²) in [6.07, 6.45) is 0. The van der Waals surface area contributed by atoms with Crippen LogP contribution in [0.15, 0.2) is 48.5 Å². The normalized spacial score (nSPS) is 18.1. The van der Waals surface area contributed by atoms with Crippen LogP contribution in [0.2, 0.25) is 0 Å². The van der Waals surface area contributed by atoms with Gasteiger partial charge in [-0.25, -0.2) is 4.39 Å². The molecule has 0 aromatic heterocycles. The number of carbonyl (C=O) groups is 3. The Morgan fingerprint density at radius 3 is 2.28 bits per heavy atom. The number of carbonyl (C=O) groups excluding carboxylic acids is 3. The van der Waals surface area contributed by atoms with Gasteiger partial charge in [-0.15, -0.1) is 0 Å². The Kier molecular flexibility index (Phi) is 7.58. The SMILES string of the molecule is CC(=O)NCc1ccc([C@H]2CN(C(=O)CN(C)Cc3ccc(F)cc3)C[C@@H]2C(N)=O)cc1. The summed E-state index contributed by atoms with van der Waals surface area (Å²) in [5.74, 6) is -1.53. The number of halogens is 1. The summed E-state index contributed by atoms with van der Waals surface area (Å²) >= 11 is 0. The number of hydrogen-bond acceptors (Lipinski definition) is 4. The first-order valence-corrected chi connectivity index (χ1v) is 10.6. The number of primary amides is 1. The van der Waals surface area contributed by atoms with E-state index in [0.29, 0.717) is 19.6 Å². The van der Waals surface area contributed by atoms with Gasteiger partial charge in [0.1, 0.15) is 5.82 Å². The molecule has 7 nitrogen and oxygen atoms in total.